The lowest BCUT2D eigenvalue weighted by atomic mass is 10.2. The number of nitrogens with zero attached hydrogens (tertiary/aromatic N) is 2. The maximum absolute atomic E-state index is 12.1. The topological polar surface area (TPSA) is 56.9 Å². The molecule has 0 fully saturated rings. The van der Waals surface area contributed by atoms with Crippen molar-refractivity contribution >= 4 is 28.8 Å². The molecule has 0 aliphatic carbocycles. The van der Waals surface area contributed by atoms with Crippen LogP contribution in [0.3, 0.4) is 0 Å². The van der Waals surface area contributed by atoms with E-state index in [1.807, 2.05) is 17.0 Å². The Balaban J connectivity index is 1.35. The standard InChI is InChI=1S/C18H20N2O3S/c1-12(21)6-18(22)19-8-14-10-20(11-15(14)9-19)24-16-2-3-17-13(7-16)4-5-23-17/h2-5,7,12,21H,6,8-11H2,1H3. The second-order valence-corrected chi connectivity index (χ2v) is 7.69. The summed E-state index contributed by atoms with van der Waals surface area (Å²) in [5, 5.41) is 10.5. The van der Waals surface area contributed by atoms with E-state index in [9.17, 15) is 9.90 Å². The summed E-state index contributed by atoms with van der Waals surface area (Å²) in [5.41, 5.74) is 3.62. The summed E-state index contributed by atoms with van der Waals surface area (Å²) in [6.45, 7) is 4.85. The third kappa shape index (κ3) is 3.09. The lowest BCUT2D eigenvalue weighted by Gasteiger charge is -2.22. The van der Waals surface area contributed by atoms with Crippen LogP contribution >= 0.6 is 11.9 Å². The van der Waals surface area contributed by atoms with Crippen LogP contribution < -0.4 is 0 Å². The van der Waals surface area contributed by atoms with Crippen LogP contribution in [0.4, 0.5) is 0 Å². The van der Waals surface area contributed by atoms with Gasteiger partial charge in [0, 0.05) is 36.5 Å². The van der Waals surface area contributed by atoms with E-state index in [2.05, 4.69) is 16.4 Å². The lowest BCUT2D eigenvalue weighted by molar-refractivity contribution is -0.131. The van der Waals surface area contributed by atoms with Gasteiger partial charge in [0.25, 0.3) is 0 Å². The molecular weight excluding hydrogens is 324 g/mol. The molecule has 4 rings (SSSR count). The van der Waals surface area contributed by atoms with Crippen molar-refractivity contribution in [2.45, 2.75) is 24.3 Å². The molecule has 126 valence electrons. The number of aliphatic hydroxyl groups excluding tert-OH is 1. The molecule has 0 radical (unpaired) electrons. The molecule has 3 heterocycles. The van der Waals surface area contributed by atoms with E-state index in [0.29, 0.717) is 13.1 Å². The Morgan fingerprint density at radius 1 is 1.25 bits per heavy atom. The Hall–Kier alpha value is -1.76. The molecule has 1 N–H and O–H groups in total. The zero-order valence-electron chi connectivity index (χ0n) is 13.6. The fraction of sp³-hybridized carbons (Fsp3) is 0.389. The monoisotopic (exact) mass is 344 g/mol. The van der Waals surface area contributed by atoms with Crippen molar-refractivity contribution < 1.29 is 14.3 Å². The van der Waals surface area contributed by atoms with E-state index in [4.69, 9.17) is 4.42 Å². The van der Waals surface area contributed by atoms with Gasteiger partial charge in [-0.1, -0.05) is 0 Å². The Morgan fingerprint density at radius 3 is 2.71 bits per heavy atom. The molecule has 5 nitrogen and oxygen atoms in total. The third-order valence-corrected chi connectivity index (χ3v) is 5.46. The van der Waals surface area contributed by atoms with Crippen LogP contribution in [0.5, 0.6) is 0 Å². The van der Waals surface area contributed by atoms with Crippen molar-refractivity contribution in [1.82, 2.24) is 9.21 Å². The molecule has 6 heteroatoms. The van der Waals surface area contributed by atoms with Crippen LogP contribution in [0.25, 0.3) is 11.0 Å². The lowest BCUT2D eigenvalue weighted by Crippen LogP contribution is -2.34. The van der Waals surface area contributed by atoms with Gasteiger partial charge in [0.2, 0.25) is 5.91 Å². The zero-order valence-corrected chi connectivity index (χ0v) is 14.4. The normalized spacial score (nSPS) is 19.3. The van der Waals surface area contributed by atoms with Gasteiger partial charge in [0.1, 0.15) is 5.58 Å². The summed E-state index contributed by atoms with van der Waals surface area (Å²) in [4.78, 5) is 15.1. The first kappa shape index (κ1) is 15.7. The van der Waals surface area contributed by atoms with Crippen molar-refractivity contribution in [3.8, 4) is 0 Å². The molecule has 24 heavy (non-hydrogen) atoms. The van der Waals surface area contributed by atoms with Crippen molar-refractivity contribution in [3.63, 3.8) is 0 Å². The number of fused-ring (bicyclic) bond motifs is 1. The van der Waals surface area contributed by atoms with Gasteiger partial charge in [-0.2, -0.15) is 0 Å². The number of hydrogen-bond acceptors (Lipinski definition) is 5. The van der Waals surface area contributed by atoms with Crippen LogP contribution in [0, 0.1) is 0 Å². The highest BCUT2D eigenvalue weighted by Gasteiger charge is 2.32. The molecule has 0 bridgehead atoms. The summed E-state index contributed by atoms with van der Waals surface area (Å²) in [5.74, 6) is 0.0454. The van der Waals surface area contributed by atoms with Gasteiger partial charge in [-0.25, -0.2) is 4.31 Å². The van der Waals surface area contributed by atoms with Crippen LogP contribution in [0.2, 0.25) is 0 Å². The van der Waals surface area contributed by atoms with Crippen molar-refractivity contribution in [2.24, 2.45) is 0 Å². The highest BCUT2D eigenvalue weighted by molar-refractivity contribution is 7.97. The van der Waals surface area contributed by atoms with Gasteiger partial charge in [-0.05, 0) is 54.3 Å². The Kier molecular flexibility index (Phi) is 4.12. The molecule has 2 aliphatic heterocycles. The molecule has 2 aromatic rings. The predicted molar refractivity (Wildman–Crippen MR) is 93.5 cm³/mol. The summed E-state index contributed by atoms with van der Waals surface area (Å²) < 4.78 is 7.71. The summed E-state index contributed by atoms with van der Waals surface area (Å²) in [7, 11) is 0. The molecule has 1 aromatic heterocycles. The van der Waals surface area contributed by atoms with E-state index >= 15 is 0 Å². The smallest absolute Gasteiger partial charge is 0.225 e. The van der Waals surface area contributed by atoms with Gasteiger partial charge >= 0.3 is 0 Å². The van der Waals surface area contributed by atoms with Crippen LogP contribution in [0.1, 0.15) is 13.3 Å². The number of furan rings is 1. The van der Waals surface area contributed by atoms with Gasteiger partial charge in [-0.15, -0.1) is 0 Å². The fourth-order valence-electron chi connectivity index (χ4n) is 3.32. The minimum absolute atomic E-state index is 0.0454. The maximum atomic E-state index is 12.1. The van der Waals surface area contributed by atoms with E-state index in [1.165, 1.54) is 16.0 Å². The Morgan fingerprint density at radius 2 is 2.00 bits per heavy atom. The van der Waals surface area contributed by atoms with E-state index in [1.54, 1.807) is 25.1 Å². The van der Waals surface area contributed by atoms with Gasteiger partial charge in [-0.3, -0.25) is 4.79 Å². The van der Waals surface area contributed by atoms with E-state index in [-0.39, 0.29) is 12.3 Å². The first-order chi connectivity index (χ1) is 11.6. The number of carbonyl (C=O) groups excluding carboxylic acids is 1. The average Bonchev–Trinajstić information content (AvgIpc) is 3.19. The minimum Gasteiger partial charge on any atom is -0.464 e. The first-order valence-electron chi connectivity index (χ1n) is 8.14. The third-order valence-electron chi connectivity index (χ3n) is 4.48. The van der Waals surface area contributed by atoms with E-state index < -0.39 is 6.10 Å². The molecule has 2 aliphatic rings. The Bertz CT molecular complexity index is 793. The van der Waals surface area contributed by atoms with Gasteiger partial charge in [0.15, 0.2) is 0 Å². The number of amides is 1. The number of aliphatic hydroxyl groups is 1. The molecule has 1 amide bonds. The highest BCUT2D eigenvalue weighted by Crippen LogP contribution is 2.34. The van der Waals surface area contributed by atoms with Crippen molar-refractivity contribution in [2.75, 3.05) is 26.2 Å². The van der Waals surface area contributed by atoms with Crippen LogP contribution in [0.15, 0.2) is 51.0 Å². The number of carbonyl (C=O) groups is 1. The zero-order chi connectivity index (χ0) is 16.7. The minimum atomic E-state index is -0.571. The molecule has 0 saturated heterocycles. The van der Waals surface area contributed by atoms with Crippen LogP contribution in [-0.4, -0.2) is 52.5 Å². The highest BCUT2D eigenvalue weighted by atomic mass is 32.2. The first-order valence-corrected chi connectivity index (χ1v) is 8.91. The Labute approximate surface area is 145 Å². The summed E-state index contributed by atoms with van der Waals surface area (Å²) in [6, 6.07) is 8.21. The second-order valence-electron chi connectivity index (χ2n) is 6.52. The second kappa shape index (κ2) is 6.27. The maximum Gasteiger partial charge on any atom is 0.225 e. The SMILES string of the molecule is CC(O)CC(=O)N1CC2=C(CN(Sc3ccc4occc4c3)C2)C1. The molecule has 1 atom stereocenters. The van der Waals surface area contributed by atoms with Gasteiger partial charge < -0.3 is 14.4 Å². The average molecular weight is 344 g/mol. The van der Waals surface area contributed by atoms with Gasteiger partial charge in [0.05, 0.1) is 18.8 Å². The van der Waals surface area contributed by atoms with Crippen molar-refractivity contribution in [1.29, 1.82) is 0 Å². The molecule has 0 saturated carbocycles. The number of benzene rings is 1. The predicted octanol–water partition coefficient (Wildman–Crippen LogP) is 2.67. The largest absolute Gasteiger partial charge is 0.464 e. The molecular formula is C18H20N2O3S. The summed E-state index contributed by atoms with van der Waals surface area (Å²) in [6.07, 6.45) is 1.35. The number of hydrogen-bond donors (Lipinski definition) is 1. The quantitative estimate of drug-likeness (QED) is 0.683. The molecule has 0 spiro atoms. The summed E-state index contributed by atoms with van der Waals surface area (Å²) >= 11 is 1.75. The number of rotatable bonds is 4. The fourth-order valence-corrected chi connectivity index (χ4v) is 4.37. The van der Waals surface area contributed by atoms with Crippen molar-refractivity contribution in [3.05, 3.63) is 41.7 Å². The molecule has 1 aromatic carbocycles. The van der Waals surface area contributed by atoms with Crippen LogP contribution in [-0.2, 0) is 4.79 Å². The molecule has 1 unspecified atom stereocenters. The van der Waals surface area contributed by atoms with E-state index in [0.717, 1.165) is 24.1 Å².